The molecule has 8 nitrogen and oxygen atoms in total. The Kier molecular flexibility index (Phi) is 7.37. The van der Waals surface area contributed by atoms with Gasteiger partial charge in [-0.2, -0.15) is 0 Å². The summed E-state index contributed by atoms with van der Waals surface area (Å²) in [5.41, 5.74) is 2.40. The maximum Gasteiger partial charge on any atom is 0.270 e. The number of hydrogen-bond acceptors (Lipinski definition) is 5. The zero-order valence-corrected chi connectivity index (χ0v) is 21.6. The summed E-state index contributed by atoms with van der Waals surface area (Å²) >= 11 is 0. The van der Waals surface area contributed by atoms with Crippen LogP contribution < -0.4 is 14.8 Å². The van der Waals surface area contributed by atoms with E-state index in [1.165, 1.54) is 5.56 Å². The Balaban J connectivity index is 1.35. The van der Waals surface area contributed by atoms with E-state index in [-0.39, 0.29) is 18.4 Å². The number of morpholine rings is 1. The van der Waals surface area contributed by atoms with Gasteiger partial charge in [-0.25, -0.2) is 0 Å². The van der Waals surface area contributed by atoms with Gasteiger partial charge in [-0.3, -0.25) is 9.59 Å². The van der Waals surface area contributed by atoms with E-state index in [4.69, 9.17) is 14.2 Å². The molecule has 0 saturated carbocycles. The number of nitrogens with one attached hydrogen (secondary N) is 2. The van der Waals surface area contributed by atoms with Crippen LogP contribution in [-0.2, 0) is 16.0 Å². The van der Waals surface area contributed by atoms with Crippen molar-refractivity contribution in [1.82, 2.24) is 15.2 Å². The van der Waals surface area contributed by atoms with Gasteiger partial charge in [0.25, 0.3) is 11.8 Å². The van der Waals surface area contributed by atoms with Gasteiger partial charge in [0.1, 0.15) is 23.8 Å². The number of ether oxygens (including phenoxy) is 3. The molecule has 1 saturated heterocycles. The third-order valence-electron chi connectivity index (χ3n) is 7.34. The number of aromatic nitrogens is 1. The quantitative estimate of drug-likeness (QED) is 0.561. The Morgan fingerprint density at radius 1 is 1.16 bits per heavy atom. The number of para-hydroxylation sites is 1. The largest absolute Gasteiger partial charge is 0.494 e. The Hall–Kier alpha value is -3.52. The Bertz CT molecular complexity index is 1290. The summed E-state index contributed by atoms with van der Waals surface area (Å²) in [5, 5.41) is 3.95. The van der Waals surface area contributed by atoms with E-state index in [2.05, 4.69) is 16.4 Å². The molecule has 0 aliphatic carbocycles. The van der Waals surface area contributed by atoms with Crippen LogP contribution in [0.4, 0.5) is 0 Å². The maximum atomic E-state index is 13.7. The van der Waals surface area contributed by atoms with Gasteiger partial charge < -0.3 is 29.4 Å². The third kappa shape index (κ3) is 5.16. The molecule has 3 aromatic rings. The lowest BCUT2D eigenvalue weighted by molar-refractivity contribution is -0.159. The van der Waals surface area contributed by atoms with Gasteiger partial charge in [0, 0.05) is 17.4 Å². The fourth-order valence-corrected chi connectivity index (χ4v) is 5.36. The standard InChI is InChI=1S/C29H35N3O5/c1-3-35-22-11-12-24-23(18-22)20(2)26(31-24)27(33)32-15-17-37-29(19-32)13-7-6-9-21-8-4-5-10-25(21)36-16-14-30-28(29)34/h4-5,8,10-12,18,31H,3,6-7,9,13-17,19H2,1-2H3,(H,30,34). The average Bonchev–Trinajstić information content (AvgIpc) is 3.24. The van der Waals surface area contributed by atoms with Crippen LogP contribution in [-0.4, -0.2) is 66.8 Å². The van der Waals surface area contributed by atoms with Crippen LogP contribution in [0.2, 0.25) is 0 Å². The molecule has 1 unspecified atom stereocenters. The normalized spacial score (nSPS) is 20.9. The highest BCUT2D eigenvalue weighted by molar-refractivity contribution is 6.01. The summed E-state index contributed by atoms with van der Waals surface area (Å²) in [4.78, 5) is 32.2. The van der Waals surface area contributed by atoms with E-state index in [1.54, 1.807) is 4.90 Å². The zero-order valence-electron chi connectivity index (χ0n) is 21.6. The molecule has 2 amide bonds. The SMILES string of the molecule is CCOc1ccc2[nH]c(C(=O)N3CCOC4(CCCCc5ccccc5OCCNC4=O)C3)c(C)c2c1. The number of carbonyl (C=O) groups is 2. The number of benzene rings is 2. The molecule has 0 radical (unpaired) electrons. The topological polar surface area (TPSA) is 92.9 Å². The molecular formula is C29H35N3O5. The predicted octanol–water partition coefficient (Wildman–Crippen LogP) is 4.01. The van der Waals surface area contributed by atoms with Gasteiger partial charge in [0.2, 0.25) is 0 Å². The summed E-state index contributed by atoms with van der Waals surface area (Å²) in [7, 11) is 0. The molecule has 2 N–H and O–H groups in total. The van der Waals surface area contributed by atoms with Crippen molar-refractivity contribution in [3.63, 3.8) is 0 Å². The number of aromatic amines is 1. The van der Waals surface area contributed by atoms with Crippen molar-refractivity contribution < 1.29 is 23.8 Å². The molecule has 2 aliphatic rings. The highest BCUT2D eigenvalue weighted by atomic mass is 16.5. The lowest BCUT2D eigenvalue weighted by atomic mass is 9.91. The Morgan fingerprint density at radius 2 is 2.03 bits per heavy atom. The number of nitrogens with zero attached hydrogens (tertiary/aromatic N) is 1. The molecular weight excluding hydrogens is 470 g/mol. The number of carbonyl (C=O) groups excluding carboxylic acids is 2. The first-order chi connectivity index (χ1) is 18.0. The molecule has 0 bridgehead atoms. The number of hydrogen-bond donors (Lipinski definition) is 2. The number of amides is 2. The smallest absolute Gasteiger partial charge is 0.270 e. The molecule has 5 rings (SSSR count). The number of rotatable bonds is 3. The minimum absolute atomic E-state index is 0.120. The monoisotopic (exact) mass is 505 g/mol. The molecule has 1 aromatic heterocycles. The fourth-order valence-electron chi connectivity index (χ4n) is 5.36. The summed E-state index contributed by atoms with van der Waals surface area (Å²) in [6.07, 6.45) is 3.12. The first-order valence-electron chi connectivity index (χ1n) is 13.2. The molecule has 2 aliphatic heterocycles. The van der Waals surface area contributed by atoms with E-state index >= 15 is 0 Å². The van der Waals surface area contributed by atoms with Crippen molar-refractivity contribution in [3.8, 4) is 11.5 Å². The highest BCUT2D eigenvalue weighted by Gasteiger charge is 2.45. The number of H-pyrrole nitrogens is 1. The lowest BCUT2D eigenvalue weighted by Gasteiger charge is -2.41. The molecule has 8 heteroatoms. The zero-order chi connectivity index (χ0) is 25.8. The van der Waals surface area contributed by atoms with Crippen molar-refractivity contribution >= 4 is 22.7 Å². The summed E-state index contributed by atoms with van der Waals surface area (Å²) in [6.45, 7) is 6.18. The summed E-state index contributed by atoms with van der Waals surface area (Å²) in [6, 6.07) is 13.8. The Labute approximate surface area is 217 Å². The molecule has 3 heterocycles. The van der Waals surface area contributed by atoms with Gasteiger partial charge in [0.15, 0.2) is 5.60 Å². The van der Waals surface area contributed by atoms with Crippen molar-refractivity contribution in [2.75, 3.05) is 39.5 Å². The molecule has 196 valence electrons. The first kappa shape index (κ1) is 25.1. The maximum absolute atomic E-state index is 13.7. The van der Waals surface area contributed by atoms with Crippen LogP contribution in [0.5, 0.6) is 11.5 Å². The van der Waals surface area contributed by atoms with Gasteiger partial charge in [-0.15, -0.1) is 0 Å². The van der Waals surface area contributed by atoms with Crippen LogP contribution >= 0.6 is 0 Å². The third-order valence-corrected chi connectivity index (χ3v) is 7.34. The minimum atomic E-state index is -1.07. The highest BCUT2D eigenvalue weighted by Crippen LogP contribution is 2.31. The predicted molar refractivity (Wildman–Crippen MR) is 141 cm³/mol. The summed E-state index contributed by atoms with van der Waals surface area (Å²) < 4.78 is 17.7. The second-order valence-electron chi connectivity index (χ2n) is 9.75. The summed E-state index contributed by atoms with van der Waals surface area (Å²) in [5.74, 6) is 1.35. The van der Waals surface area contributed by atoms with Gasteiger partial charge in [0.05, 0.1) is 26.3 Å². The van der Waals surface area contributed by atoms with E-state index in [0.29, 0.717) is 45.0 Å². The van der Waals surface area contributed by atoms with Crippen LogP contribution in [0, 0.1) is 6.92 Å². The fraction of sp³-hybridized carbons (Fsp3) is 0.448. The molecule has 1 fully saturated rings. The van der Waals surface area contributed by atoms with Crippen molar-refractivity contribution in [2.24, 2.45) is 0 Å². The number of fused-ring (bicyclic) bond motifs is 2. The van der Waals surface area contributed by atoms with Crippen LogP contribution in [0.1, 0.15) is 47.8 Å². The minimum Gasteiger partial charge on any atom is -0.494 e. The van der Waals surface area contributed by atoms with E-state index in [9.17, 15) is 9.59 Å². The van der Waals surface area contributed by atoms with Crippen LogP contribution in [0.15, 0.2) is 42.5 Å². The average molecular weight is 506 g/mol. The van der Waals surface area contributed by atoms with Gasteiger partial charge in [-0.05, 0) is 74.9 Å². The molecule has 1 spiro atoms. The van der Waals surface area contributed by atoms with Gasteiger partial charge >= 0.3 is 0 Å². The second kappa shape index (κ2) is 10.8. The molecule has 2 aromatic carbocycles. The van der Waals surface area contributed by atoms with Crippen LogP contribution in [0.3, 0.4) is 0 Å². The van der Waals surface area contributed by atoms with Crippen LogP contribution in [0.25, 0.3) is 10.9 Å². The molecule has 1 atom stereocenters. The van der Waals surface area contributed by atoms with Crippen molar-refractivity contribution in [2.45, 2.75) is 45.1 Å². The van der Waals surface area contributed by atoms with E-state index < -0.39 is 5.60 Å². The van der Waals surface area contributed by atoms with Crippen molar-refractivity contribution in [1.29, 1.82) is 0 Å². The van der Waals surface area contributed by atoms with E-state index in [1.807, 2.05) is 50.2 Å². The number of aryl methyl sites for hydroxylation is 2. The van der Waals surface area contributed by atoms with Gasteiger partial charge in [-0.1, -0.05) is 18.2 Å². The van der Waals surface area contributed by atoms with E-state index in [0.717, 1.165) is 47.2 Å². The molecule has 37 heavy (non-hydrogen) atoms. The lowest BCUT2D eigenvalue weighted by Crippen LogP contribution is -2.61. The second-order valence-corrected chi connectivity index (χ2v) is 9.75. The first-order valence-corrected chi connectivity index (χ1v) is 13.2. The van der Waals surface area contributed by atoms with Crippen molar-refractivity contribution in [3.05, 3.63) is 59.3 Å². The Morgan fingerprint density at radius 3 is 2.89 bits per heavy atom.